The zero-order valence-electron chi connectivity index (χ0n) is 18.8. The molecular weight excluding hydrogens is 468 g/mol. The minimum absolute atomic E-state index is 0.0756. The highest BCUT2D eigenvalue weighted by Crippen LogP contribution is 2.47. The van der Waals surface area contributed by atoms with Crippen molar-refractivity contribution in [3.63, 3.8) is 0 Å². The number of fused-ring (bicyclic) bond motifs is 2. The molecule has 4 N–H and O–H groups in total. The van der Waals surface area contributed by atoms with Crippen molar-refractivity contribution in [1.82, 2.24) is 15.0 Å². The number of benzene rings is 1. The number of rotatable bonds is 5. The van der Waals surface area contributed by atoms with Gasteiger partial charge in [-0.15, -0.1) is 0 Å². The van der Waals surface area contributed by atoms with Gasteiger partial charge in [-0.05, 0) is 55.8 Å². The quantitative estimate of drug-likeness (QED) is 0.285. The number of anilines is 1. The molecule has 4 heterocycles. The summed E-state index contributed by atoms with van der Waals surface area (Å²) in [4.78, 5) is 36.2. The Hall–Kier alpha value is -3.92. The van der Waals surface area contributed by atoms with Crippen molar-refractivity contribution >= 4 is 40.2 Å². The molecule has 0 radical (unpaired) electrons. The number of imidazole rings is 1. The number of esters is 1. The summed E-state index contributed by atoms with van der Waals surface area (Å²) in [7, 11) is 0. The Kier molecular flexibility index (Phi) is 5.18. The molecule has 6 rings (SSSR count). The summed E-state index contributed by atoms with van der Waals surface area (Å²) < 4.78 is 11.4. The molecule has 1 unspecified atom stereocenters. The van der Waals surface area contributed by atoms with Crippen LogP contribution >= 0.6 is 11.8 Å². The maximum absolute atomic E-state index is 13.0. The van der Waals surface area contributed by atoms with Gasteiger partial charge >= 0.3 is 5.97 Å². The van der Waals surface area contributed by atoms with Crippen LogP contribution in [0.25, 0.3) is 11.0 Å². The number of carbonyl (C=O) groups is 2. The highest BCUT2D eigenvalue weighted by molar-refractivity contribution is 7.99. The number of nitrogens with zero attached hydrogens (tertiary/aromatic N) is 1. The summed E-state index contributed by atoms with van der Waals surface area (Å²) in [6, 6.07) is 8.86. The second-order valence-electron chi connectivity index (χ2n) is 8.42. The molecule has 9 nitrogen and oxygen atoms in total. The third kappa shape index (κ3) is 3.61. The molecule has 0 fully saturated rings. The van der Waals surface area contributed by atoms with E-state index in [0.717, 1.165) is 29.6 Å². The molecule has 2 aliphatic rings. The van der Waals surface area contributed by atoms with E-state index < -0.39 is 11.9 Å². The van der Waals surface area contributed by atoms with Gasteiger partial charge in [-0.3, -0.25) is 4.79 Å². The topological polar surface area (TPSA) is 133 Å². The first-order valence-corrected chi connectivity index (χ1v) is 12.2. The van der Waals surface area contributed by atoms with Gasteiger partial charge in [-0.25, -0.2) is 9.78 Å². The first-order chi connectivity index (χ1) is 17.0. The molecule has 4 aromatic rings. The number of aromatic hydroxyl groups is 1. The first-order valence-electron chi connectivity index (χ1n) is 11.4. The Balaban J connectivity index is 1.38. The largest absolute Gasteiger partial charge is 0.506 e. The standard InChI is InChI=1S/C25H22N4O5S/c1-2-33-24(32)23-21-12(11-26-23)19(20-13(27-21)5-3-7-15(20)30)17-9-10-18(34-17)35-25-28-14-6-4-8-16(31)22(14)29-25/h4,6,8-11,19,26-27,31H,2-3,5,7H2,1H3,(H,28,29). The van der Waals surface area contributed by atoms with Crippen LogP contribution in [0, 0.1) is 0 Å². The van der Waals surface area contributed by atoms with Crippen LogP contribution in [0.2, 0.25) is 0 Å². The van der Waals surface area contributed by atoms with Crippen molar-refractivity contribution in [2.75, 3.05) is 11.9 Å². The van der Waals surface area contributed by atoms with Gasteiger partial charge in [-0.2, -0.15) is 0 Å². The van der Waals surface area contributed by atoms with E-state index in [1.165, 1.54) is 11.8 Å². The second-order valence-corrected chi connectivity index (χ2v) is 9.41. The zero-order valence-corrected chi connectivity index (χ0v) is 19.6. The van der Waals surface area contributed by atoms with Crippen LogP contribution in [0.1, 0.15) is 53.9 Å². The fourth-order valence-corrected chi connectivity index (χ4v) is 5.54. The number of para-hydroxylation sites is 1. The van der Waals surface area contributed by atoms with Gasteiger partial charge in [0.05, 0.1) is 23.7 Å². The molecule has 0 bridgehead atoms. The summed E-state index contributed by atoms with van der Waals surface area (Å²) in [5, 5.41) is 14.5. The lowest BCUT2D eigenvalue weighted by Crippen LogP contribution is -2.26. The molecule has 0 saturated heterocycles. The third-order valence-corrected chi connectivity index (χ3v) is 7.08. The lowest BCUT2D eigenvalue weighted by molar-refractivity contribution is -0.116. The summed E-state index contributed by atoms with van der Waals surface area (Å²) in [6.07, 6.45) is 3.69. The normalized spacial score (nSPS) is 17.3. The van der Waals surface area contributed by atoms with Gasteiger partial charge in [0.15, 0.2) is 16.0 Å². The van der Waals surface area contributed by atoms with Crippen LogP contribution in [0.4, 0.5) is 5.69 Å². The summed E-state index contributed by atoms with van der Waals surface area (Å²) in [5.41, 5.74) is 4.44. The number of Topliss-reactive ketones (excluding diaryl/α,β-unsaturated/α-hetero) is 1. The number of H-pyrrole nitrogens is 2. The van der Waals surface area contributed by atoms with Crippen molar-refractivity contribution in [2.24, 2.45) is 0 Å². The molecular formula is C25H22N4O5S. The Morgan fingerprint density at radius 2 is 2.17 bits per heavy atom. The van der Waals surface area contributed by atoms with E-state index in [1.807, 2.05) is 18.2 Å². The fraction of sp³-hybridized carbons (Fsp3) is 0.240. The van der Waals surface area contributed by atoms with E-state index in [9.17, 15) is 14.7 Å². The Morgan fingerprint density at radius 3 is 3.00 bits per heavy atom. The molecule has 3 aromatic heterocycles. The third-order valence-electron chi connectivity index (χ3n) is 6.28. The van der Waals surface area contributed by atoms with Crippen LogP contribution < -0.4 is 5.32 Å². The average Bonchev–Trinajstić information content (AvgIpc) is 3.57. The maximum atomic E-state index is 13.0. The number of allylic oxidation sites excluding steroid dienone is 2. The molecule has 0 spiro atoms. The minimum atomic E-state index is -0.449. The smallest absolute Gasteiger partial charge is 0.356 e. The van der Waals surface area contributed by atoms with Crippen molar-refractivity contribution in [1.29, 1.82) is 0 Å². The number of furan rings is 1. The number of hydrogen-bond donors (Lipinski definition) is 4. The van der Waals surface area contributed by atoms with E-state index in [2.05, 4.69) is 20.3 Å². The predicted octanol–water partition coefficient (Wildman–Crippen LogP) is 5.08. The molecule has 1 atom stereocenters. The monoisotopic (exact) mass is 490 g/mol. The Labute approximate surface area is 204 Å². The molecule has 35 heavy (non-hydrogen) atoms. The molecule has 1 aliphatic heterocycles. The van der Waals surface area contributed by atoms with Gasteiger partial charge in [0.25, 0.3) is 0 Å². The van der Waals surface area contributed by atoms with Crippen LogP contribution in [0.5, 0.6) is 5.75 Å². The Morgan fingerprint density at radius 1 is 1.29 bits per heavy atom. The van der Waals surface area contributed by atoms with Crippen molar-refractivity contribution in [3.8, 4) is 5.75 Å². The zero-order chi connectivity index (χ0) is 24.1. The van der Waals surface area contributed by atoms with Gasteiger partial charge in [0.2, 0.25) is 0 Å². The Bertz CT molecular complexity index is 1510. The van der Waals surface area contributed by atoms with E-state index in [-0.39, 0.29) is 18.1 Å². The number of ketones is 1. The fourth-order valence-electron chi connectivity index (χ4n) is 4.78. The summed E-state index contributed by atoms with van der Waals surface area (Å²) in [6.45, 7) is 2.02. The van der Waals surface area contributed by atoms with Gasteiger partial charge in [0, 0.05) is 29.5 Å². The van der Waals surface area contributed by atoms with E-state index in [1.54, 1.807) is 25.3 Å². The van der Waals surface area contributed by atoms with E-state index in [0.29, 0.717) is 44.9 Å². The number of ether oxygens (including phenoxy) is 1. The predicted molar refractivity (Wildman–Crippen MR) is 129 cm³/mol. The van der Waals surface area contributed by atoms with Gasteiger partial charge < -0.3 is 29.5 Å². The lowest BCUT2D eigenvalue weighted by atomic mass is 9.78. The first kappa shape index (κ1) is 21.6. The van der Waals surface area contributed by atoms with Crippen LogP contribution in [0.3, 0.4) is 0 Å². The second kappa shape index (κ2) is 8.38. The number of nitrogens with one attached hydrogen (secondary N) is 3. The number of aromatic nitrogens is 3. The van der Waals surface area contributed by atoms with Crippen LogP contribution in [0.15, 0.2) is 62.5 Å². The molecule has 0 amide bonds. The highest BCUT2D eigenvalue weighted by Gasteiger charge is 2.39. The lowest BCUT2D eigenvalue weighted by Gasteiger charge is -2.31. The molecule has 1 aliphatic carbocycles. The van der Waals surface area contributed by atoms with Crippen molar-refractivity contribution in [3.05, 3.63) is 64.8 Å². The summed E-state index contributed by atoms with van der Waals surface area (Å²) in [5.74, 6) is -0.108. The number of hydrogen-bond acceptors (Lipinski definition) is 8. The number of aromatic amines is 2. The van der Waals surface area contributed by atoms with E-state index >= 15 is 0 Å². The van der Waals surface area contributed by atoms with Crippen LogP contribution in [-0.2, 0) is 9.53 Å². The molecule has 10 heteroatoms. The highest BCUT2D eigenvalue weighted by atomic mass is 32.2. The molecule has 1 aromatic carbocycles. The maximum Gasteiger partial charge on any atom is 0.356 e. The van der Waals surface area contributed by atoms with Crippen LogP contribution in [-0.4, -0.2) is 38.4 Å². The molecule has 0 saturated carbocycles. The van der Waals surface area contributed by atoms with Crippen molar-refractivity contribution in [2.45, 2.75) is 42.4 Å². The number of phenols is 1. The van der Waals surface area contributed by atoms with Gasteiger partial charge in [-0.1, -0.05) is 6.07 Å². The number of phenolic OH excluding ortho intramolecular Hbond substituents is 1. The molecule has 178 valence electrons. The van der Waals surface area contributed by atoms with Crippen molar-refractivity contribution < 1.29 is 23.8 Å². The minimum Gasteiger partial charge on any atom is -0.506 e. The summed E-state index contributed by atoms with van der Waals surface area (Å²) >= 11 is 1.29. The van der Waals surface area contributed by atoms with E-state index in [4.69, 9.17) is 9.15 Å². The number of carbonyl (C=O) groups excluding carboxylic acids is 2. The average molecular weight is 491 g/mol. The van der Waals surface area contributed by atoms with Gasteiger partial charge in [0.1, 0.15) is 22.7 Å². The SMILES string of the molecule is CCOC(=O)c1[nH]cc2c1NC1=C(C(=O)CCC1)C2c1ccc(Sc2nc3c(O)cccc3[nH]2)o1.